The van der Waals surface area contributed by atoms with Crippen LogP contribution >= 0.6 is 0 Å². The SMILES string of the molecule is [B]C1=NOC(c2cc(N)c(C)c(C(=O)OCC3=CCCC=C3)n2)C1. The predicted molar refractivity (Wildman–Crippen MR) is 91.8 cm³/mol. The zero-order valence-corrected chi connectivity index (χ0v) is 13.5. The van der Waals surface area contributed by atoms with Crippen LogP contribution in [0.15, 0.2) is 35.0 Å². The third kappa shape index (κ3) is 3.50. The fraction of sp³-hybridized carbons (Fsp3) is 0.353. The molecule has 1 aromatic heterocycles. The number of hydrogen-bond acceptors (Lipinski definition) is 6. The lowest BCUT2D eigenvalue weighted by molar-refractivity contribution is 0.0530. The highest BCUT2D eigenvalue weighted by Gasteiger charge is 2.25. The van der Waals surface area contributed by atoms with Crippen molar-refractivity contribution in [3.63, 3.8) is 0 Å². The third-order valence-electron chi connectivity index (χ3n) is 3.99. The van der Waals surface area contributed by atoms with E-state index in [1.54, 1.807) is 13.0 Å². The number of nitrogens with zero attached hydrogens (tertiary/aromatic N) is 2. The first-order chi connectivity index (χ1) is 11.5. The van der Waals surface area contributed by atoms with Gasteiger partial charge in [-0.3, -0.25) is 0 Å². The molecule has 2 heterocycles. The molecule has 0 saturated carbocycles. The van der Waals surface area contributed by atoms with E-state index in [-0.39, 0.29) is 12.3 Å². The summed E-state index contributed by atoms with van der Waals surface area (Å²) in [6.07, 6.45) is 8.06. The van der Waals surface area contributed by atoms with Crippen LogP contribution in [0.5, 0.6) is 0 Å². The van der Waals surface area contributed by atoms with Gasteiger partial charge in [0.1, 0.15) is 14.5 Å². The van der Waals surface area contributed by atoms with Gasteiger partial charge in [-0.2, -0.15) is 0 Å². The number of rotatable bonds is 4. The monoisotopic (exact) mass is 323 g/mol. The van der Waals surface area contributed by atoms with Crippen LogP contribution in [-0.2, 0) is 9.57 Å². The molecule has 0 amide bonds. The average Bonchev–Trinajstić information content (AvgIpc) is 3.02. The van der Waals surface area contributed by atoms with E-state index in [9.17, 15) is 4.79 Å². The summed E-state index contributed by atoms with van der Waals surface area (Å²) in [4.78, 5) is 22.0. The second-order valence-electron chi connectivity index (χ2n) is 5.83. The first-order valence-electron chi connectivity index (χ1n) is 7.82. The van der Waals surface area contributed by atoms with E-state index < -0.39 is 12.1 Å². The quantitative estimate of drug-likeness (QED) is 0.679. The second kappa shape index (κ2) is 6.90. The minimum absolute atomic E-state index is 0.194. The number of nitrogen functional groups attached to an aromatic ring is 1. The number of oxime groups is 1. The predicted octanol–water partition coefficient (Wildman–Crippen LogP) is 2.35. The van der Waals surface area contributed by atoms with Gasteiger partial charge in [0.2, 0.25) is 0 Å². The Morgan fingerprint density at radius 1 is 1.50 bits per heavy atom. The van der Waals surface area contributed by atoms with Crippen LogP contribution in [0.3, 0.4) is 0 Å². The molecule has 1 aliphatic heterocycles. The molecule has 0 fully saturated rings. The number of hydrogen-bond donors (Lipinski definition) is 1. The van der Waals surface area contributed by atoms with Crippen molar-refractivity contribution in [1.29, 1.82) is 0 Å². The molecule has 122 valence electrons. The Kier molecular flexibility index (Phi) is 4.69. The molecule has 2 aliphatic rings. The maximum absolute atomic E-state index is 12.4. The number of allylic oxidation sites excluding steroid dienone is 2. The highest BCUT2D eigenvalue weighted by Crippen LogP contribution is 2.28. The molecule has 2 radical (unpaired) electrons. The van der Waals surface area contributed by atoms with Crippen LogP contribution in [0, 0.1) is 6.92 Å². The average molecular weight is 323 g/mol. The maximum atomic E-state index is 12.4. The van der Waals surface area contributed by atoms with Crippen molar-refractivity contribution in [3.05, 3.63) is 46.8 Å². The summed E-state index contributed by atoms with van der Waals surface area (Å²) in [5.41, 5.74) is 9.14. The van der Waals surface area contributed by atoms with Crippen molar-refractivity contribution in [2.45, 2.75) is 32.3 Å². The summed E-state index contributed by atoms with van der Waals surface area (Å²) >= 11 is 0. The summed E-state index contributed by atoms with van der Waals surface area (Å²) in [5, 5.41) is 3.70. The topological polar surface area (TPSA) is 86.8 Å². The minimum atomic E-state index is -0.507. The first-order valence-corrected chi connectivity index (χ1v) is 7.82. The summed E-state index contributed by atoms with van der Waals surface area (Å²) < 4.78 is 5.37. The summed E-state index contributed by atoms with van der Waals surface area (Å²) in [6.45, 7) is 1.96. The van der Waals surface area contributed by atoms with Crippen LogP contribution in [0.1, 0.15) is 47.1 Å². The molecular weight excluding hydrogens is 305 g/mol. The number of ether oxygens (including phenoxy) is 1. The molecule has 0 saturated heterocycles. The number of nitrogens with two attached hydrogens (primary N) is 1. The molecular formula is C17H18BN3O3. The molecule has 7 heteroatoms. The largest absolute Gasteiger partial charge is 0.456 e. The van der Waals surface area contributed by atoms with Gasteiger partial charge < -0.3 is 15.3 Å². The van der Waals surface area contributed by atoms with E-state index in [0.29, 0.717) is 29.0 Å². The lowest BCUT2D eigenvalue weighted by atomic mass is 9.95. The summed E-state index contributed by atoms with van der Waals surface area (Å²) in [6, 6.07) is 1.68. The Labute approximate surface area is 141 Å². The molecule has 0 bridgehead atoms. The summed E-state index contributed by atoms with van der Waals surface area (Å²) in [7, 11) is 5.62. The number of aromatic nitrogens is 1. The number of carbonyl (C=O) groups is 1. The Hall–Kier alpha value is -2.57. The number of pyridine rings is 1. The molecule has 2 N–H and O–H groups in total. The van der Waals surface area contributed by atoms with Gasteiger partial charge in [0, 0.05) is 23.3 Å². The molecule has 1 aromatic rings. The number of esters is 1. The zero-order valence-electron chi connectivity index (χ0n) is 13.5. The molecule has 1 aliphatic carbocycles. The molecule has 0 spiro atoms. The molecule has 6 nitrogen and oxygen atoms in total. The number of anilines is 1. The van der Waals surface area contributed by atoms with Crippen molar-refractivity contribution in [2.75, 3.05) is 12.3 Å². The van der Waals surface area contributed by atoms with Crippen molar-refractivity contribution >= 4 is 25.1 Å². The third-order valence-corrected chi connectivity index (χ3v) is 3.99. The Bertz CT molecular complexity index is 756. The summed E-state index contributed by atoms with van der Waals surface area (Å²) in [5.74, 6) is -0.507. The minimum Gasteiger partial charge on any atom is -0.456 e. The highest BCUT2D eigenvalue weighted by atomic mass is 16.6. The van der Waals surface area contributed by atoms with Crippen LogP contribution in [0.25, 0.3) is 0 Å². The van der Waals surface area contributed by atoms with Crippen molar-refractivity contribution in [3.8, 4) is 0 Å². The smallest absolute Gasteiger partial charge is 0.357 e. The Balaban J connectivity index is 1.76. The lowest BCUT2D eigenvalue weighted by Gasteiger charge is -2.14. The standard InChI is InChI=1S/C17H18BN3O3/c1-10-12(19)7-13(14-8-15(18)21-24-14)20-16(10)17(22)23-9-11-5-3-2-4-6-11/h3,5-7,14H,2,4,8-9H2,1H3,(H2,19,20). The molecule has 24 heavy (non-hydrogen) atoms. The van der Waals surface area contributed by atoms with Gasteiger partial charge in [0.05, 0.1) is 5.69 Å². The molecule has 1 unspecified atom stereocenters. The van der Waals surface area contributed by atoms with Crippen LogP contribution in [0.4, 0.5) is 5.69 Å². The molecule has 1 atom stereocenters. The lowest BCUT2D eigenvalue weighted by Crippen LogP contribution is -2.15. The molecule has 3 rings (SSSR count). The van der Waals surface area contributed by atoms with Gasteiger partial charge in [0.15, 0.2) is 11.8 Å². The van der Waals surface area contributed by atoms with E-state index in [1.165, 1.54) is 0 Å². The fourth-order valence-corrected chi connectivity index (χ4v) is 2.56. The Morgan fingerprint density at radius 2 is 2.33 bits per heavy atom. The van der Waals surface area contributed by atoms with Crippen molar-refractivity contribution in [1.82, 2.24) is 4.98 Å². The van der Waals surface area contributed by atoms with Gasteiger partial charge in [-0.15, -0.1) is 5.16 Å². The number of carbonyl (C=O) groups excluding carboxylic acids is 1. The highest BCUT2D eigenvalue weighted by molar-refractivity contribution is 6.59. The first kappa shape index (κ1) is 16.3. The molecule has 0 aromatic carbocycles. The van der Waals surface area contributed by atoms with Gasteiger partial charge >= 0.3 is 5.97 Å². The van der Waals surface area contributed by atoms with Crippen molar-refractivity contribution < 1.29 is 14.4 Å². The van der Waals surface area contributed by atoms with E-state index >= 15 is 0 Å². The van der Waals surface area contributed by atoms with Crippen LogP contribution in [0.2, 0.25) is 0 Å². The van der Waals surface area contributed by atoms with Crippen LogP contribution in [-0.4, -0.2) is 31.0 Å². The van der Waals surface area contributed by atoms with E-state index in [1.807, 2.05) is 6.08 Å². The van der Waals surface area contributed by atoms with Gasteiger partial charge in [0.25, 0.3) is 0 Å². The van der Waals surface area contributed by atoms with Gasteiger partial charge in [-0.1, -0.05) is 18.2 Å². The van der Waals surface area contributed by atoms with Crippen LogP contribution < -0.4 is 5.73 Å². The van der Waals surface area contributed by atoms with E-state index in [2.05, 4.69) is 22.3 Å². The normalized spacial score (nSPS) is 19.5. The Morgan fingerprint density at radius 3 is 3.00 bits per heavy atom. The van der Waals surface area contributed by atoms with Gasteiger partial charge in [-0.25, -0.2) is 9.78 Å². The van der Waals surface area contributed by atoms with E-state index in [0.717, 1.165) is 18.4 Å². The zero-order chi connectivity index (χ0) is 17.1. The maximum Gasteiger partial charge on any atom is 0.357 e. The fourth-order valence-electron chi connectivity index (χ4n) is 2.56. The van der Waals surface area contributed by atoms with Gasteiger partial charge in [-0.05, 0) is 31.4 Å². The second-order valence-corrected chi connectivity index (χ2v) is 5.83. The van der Waals surface area contributed by atoms with Crippen molar-refractivity contribution in [2.24, 2.45) is 5.16 Å². The van der Waals surface area contributed by atoms with E-state index in [4.69, 9.17) is 23.2 Å².